The molecule has 0 aliphatic carbocycles. The minimum absolute atomic E-state index is 0.549. The molecular weight excluding hydrogens is 166 g/mol. The van der Waals surface area contributed by atoms with Gasteiger partial charge in [-0.05, 0) is 13.3 Å². The van der Waals surface area contributed by atoms with Gasteiger partial charge in [0.15, 0.2) is 0 Å². The summed E-state index contributed by atoms with van der Waals surface area (Å²) in [6.07, 6.45) is 2.84. The molecule has 0 radical (unpaired) electrons. The van der Waals surface area contributed by atoms with Crippen molar-refractivity contribution in [3.8, 4) is 0 Å². The predicted molar refractivity (Wildman–Crippen MR) is 51.3 cm³/mol. The Morgan fingerprint density at radius 3 is 3.00 bits per heavy atom. The van der Waals surface area contributed by atoms with Gasteiger partial charge in [0.25, 0.3) is 0 Å². The Balaban J connectivity index is 2.57. The number of ether oxygens (including phenoxy) is 1. The van der Waals surface area contributed by atoms with Crippen molar-refractivity contribution in [2.45, 2.75) is 26.4 Å². The minimum Gasteiger partial charge on any atom is -0.385 e. The first-order chi connectivity index (χ1) is 6.29. The van der Waals surface area contributed by atoms with E-state index < -0.39 is 0 Å². The number of nitrogens with zero attached hydrogens (tertiary/aromatic N) is 2. The van der Waals surface area contributed by atoms with Crippen LogP contribution < -0.4 is 5.73 Å². The van der Waals surface area contributed by atoms with Crippen LogP contribution >= 0.6 is 0 Å². The number of methoxy groups -OCH3 is 1. The van der Waals surface area contributed by atoms with Crippen LogP contribution in [0.25, 0.3) is 0 Å². The van der Waals surface area contributed by atoms with Gasteiger partial charge in [0, 0.05) is 33.0 Å². The maximum absolute atomic E-state index is 5.58. The molecule has 1 aromatic rings. The standard InChI is InChI=1S/C9H17N3O/c1-8-11-7-9(6-10)12(8)4-3-5-13-2/h7H,3-6,10H2,1-2H3. The molecule has 0 aromatic carbocycles. The SMILES string of the molecule is COCCCn1c(CN)cnc1C. The van der Waals surface area contributed by atoms with Gasteiger partial charge in [0.05, 0.1) is 5.69 Å². The first kappa shape index (κ1) is 10.2. The molecule has 0 fully saturated rings. The van der Waals surface area contributed by atoms with Crippen LogP contribution in [0.4, 0.5) is 0 Å². The quantitative estimate of drug-likeness (QED) is 0.683. The van der Waals surface area contributed by atoms with Gasteiger partial charge in [-0.15, -0.1) is 0 Å². The highest BCUT2D eigenvalue weighted by atomic mass is 16.5. The summed E-state index contributed by atoms with van der Waals surface area (Å²) in [5, 5.41) is 0. The summed E-state index contributed by atoms with van der Waals surface area (Å²) in [6, 6.07) is 0. The van der Waals surface area contributed by atoms with Gasteiger partial charge >= 0.3 is 0 Å². The van der Waals surface area contributed by atoms with Crippen LogP contribution in [0.2, 0.25) is 0 Å². The Labute approximate surface area is 78.7 Å². The Bertz CT molecular complexity index is 257. The fourth-order valence-corrected chi connectivity index (χ4v) is 1.35. The molecule has 0 spiro atoms. The Kier molecular flexibility index (Phi) is 3.92. The zero-order valence-corrected chi connectivity index (χ0v) is 8.29. The van der Waals surface area contributed by atoms with Crippen molar-refractivity contribution >= 4 is 0 Å². The molecule has 1 heterocycles. The molecule has 0 bridgehead atoms. The van der Waals surface area contributed by atoms with Gasteiger partial charge in [-0.3, -0.25) is 0 Å². The zero-order chi connectivity index (χ0) is 9.68. The number of hydrogen-bond acceptors (Lipinski definition) is 3. The molecular formula is C9H17N3O. The highest BCUT2D eigenvalue weighted by Gasteiger charge is 2.03. The molecule has 4 nitrogen and oxygen atoms in total. The molecule has 0 atom stereocenters. The van der Waals surface area contributed by atoms with Gasteiger partial charge in [-0.2, -0.15) is 0 Å². The van der Waals surface area contributed by atoms with E-state index >= 15 is 0 Å². The average Bonchev–Trinajstić information content (AvgIpc) is 2.48. The summed E-state index contributed by atoms with van der Waals surface area (Å²) in [7, 11) is 1.71. The largest absolute Gasteiger partial charge is 0.385 e. The Hall–Kier alpha value is -0.870. The second-order valence-electron chi connectivity index (χ2n) is 3.00. The number of aromatic nitrogens is 2. The maximum Gasteiger partial charge on any atom is 0.105 e. The van der Waals surface area contributed by atoms with Crippen molar-refractivity contribution in [1.82, 2.24) is 9.55 Å². The normalized spacial score (nSPS) is 10.7. The van der Waals surface area contributed by atoms with Crippen LogP contribution in [0.1, 0.15) is 17.9 Å². The molecule has 1 aromatic heterocycles. The lowest BCUT2D eigenvalue weighted by Crippen LogP contribution is -2.10. The summed E-state index contributed by atoms with van der Waals surface area (Å²) < 4.78 is 7.13. The molecule has 1 rings (SSSR count). The van der Waals surface area contributed by atoms with Gasteiger partial charge in [-0.25, -0.2) is 4.98 Å². The minimum atomic E-state index is 0.549. The third-order valence-corrected chi connectivity index (χ3v) is 2.08. The van der Waals surface area contributed by atoms with E-state index in [2.05, 4.69) is 9.55 Å². The summed E-state index contributed by atoms with van der Waals surface area (Å²) in [5.41, 5.74) is 6.67. The summed E-state index contributed by atoms with van der Waals surface area (Å²) in [4.78, 5) is 4.21. The number of hydrogen-bond donors (Lipinski definition) is 1. The average molecular weight is 183 g/mol. The van der Waals surface area contributed by atoms with Crippen molar-refractivity contribution in [2.75, 3.05) is 13.7 Å². The Morgan fingerprint density at radius 1 is 1.62 bits per heavy atom. The van der Waals surface area contributed by atoms with Gasteiger partial charge in [0.2, 0.25) is 0 Å². The van der Waals surface area contributed by atoms with Crippen molar-refractivity contribution in [1.29, 1.82) is 0 Å². The lowest BCUT2D eigenvalue weighted by atomic mass is 10.4. The smallest absolute Gasteiger partial charge is 0.105 e. The summed E-state index contributed by atoms with van der Waals surface area (Å²) >= 11 is 0. The van der Waals surface area contributed by atoms with Crippen molar-refractivity contribution in [3.05, 3.63) is 17.7 Å². The molecule has 0 saturated carbocycles. The van der Waals surface area contributed by atoms with Crippen LogP contribution in [0.15, 0.2) is 6.20 Å². The predicted octanol–water partition coefficient (Wildman–Crippen LogP) is 0.687. The molecule has 74 valence electrons. The monoisotopic (exact) mass is 183 g/mol. The number of rotatable bonds is 5. The maximum atomic E-state index is 5.58. The molecule has 0 saturated heterocycles. The first-order valence-corrected chi connectivity index (χ1v) is 4.49. The fourth-order valence-electron chi connectivity index (χ4n) is 1.35. The van der Waals surface area contributed by atoms with Crippen LogP contribution in [0.3, 0.4) is 0 Å². The van der Waals surface area contributed by atoms with E-state index in [1.807, 2.05) is 13.1 Å². The topological polar surface area (TPSA) is 53.1 Å². The van der Waals surface area contributed by atoms with E-state index in [1.165, 1.54) is 0 Å². The second kappa shape index (κ2) is 4.99. The number of imidazole rings is 1. The van der Waals surface area contributed by atoms with E-state index in [9.17, 15) is 0 Å². The molecule has 0 unspecified atom stereocenters. The third-order valence-electron chi connectivity index (χ3n) is 2.08. The van der Waals surface area contributed by atoms with Crippen molar-refractivity contribution in [2.24, 2.45) is 5.73 Å². The van der Waals surface area contributed by atoms with E-state index in [1.54, 1.807) is 7.11 Å². The van der Waals surface area contributed by atoms with Crippen molar-refractivity contribution < 1.29 is 4.74 Å². The van der Waals surface area contributed by atoms with E-state index in [0.29, 0.717) is 6.54 Å². The zero-order valence-electron chi connectivity index (χ0n) is 8.29. The van der Waals surface area contributed by atoms with Gasteiger partial charge in [0.1, 0.15) is 5.82 Å². The van der Waals surface area contributed by atoms with Gasteiger partial charge in [-0.1, -0.05) is 0 Å². The van der Waals surface area contributed by atoms with Crippen LogP contribution in [0.5, 0.6) is 0 Å². The lowest BCUT2D eigenvalue weighted by Gasteiger charge is -2.07. The van der Waals surface area contributed by atoms with Crippen molar-refractivity contribution in [3.63, 3.8) is 0 Å². The van der Waals surface area contributed by atoms with Crippen LogP contribution in [-0.4, -0.2) is 23.3 Å². The highest BCUT2D eigenvalue weighted by molar-refractivity contribution is 5.03. The molecule has 0 aliphatic rings. The molecule has 4 heteroatoms. The molecule has 13 heavy (non-hydrogen) atoms. The number of aryl methyl sites for hydroxylation is 1. The Morgan fingerprint density at radius 2 is 2.38 bits per heavy atom. The van der Waals surface area contributed by atoms with E-state index in [4.69, 9.17) is 10.5 Å². The fraction of sp³-hybridized carbons (Fsp3) is 0.667. The second-order valence-corrected chi connectivity index (χ2v) is 3.00. The van der Waals surface area contributed by atoms with Crippen LogP contribution in [0, 0.1) is 6.92 Å². The van der Waals surface area contributed by atoms with Crippen LogP contribution in [-0.2, 0) is 17.8 Å². The van der Waals surface area contributed by atoms with Gasteiger partial charge < -0.3 is 15.0 Å². The molecule has 0 aliphatic heterocycles. The first-order valence-electron chi connectivity index (χ1n) is 4.49. The highest BCUT2D eigenvalue weighted by Crippen LogP contribution is 2.04. The molecule has 0 amide bonds. The summed E-state index contributed by atoms with van der Waals surface area (Å²) in [5.74, 6) is 1.02. The number of nitrogens with two attached hydrogens (primary N) is 1. The third kappa shape index (κ3) is 2.54. The molecule has 2 N–H and O–H groups in total. The summed E-state index contributed by atoms with van der Waals surface area (Å²) in [6.45, 7) is 4.26. The lowest BCUT2D eigenvalue weighted by molar-refractivity contribution is 0.190. The van der Waals surface area contributed by atoms with E-state index in [-0.39, 0.29) is 0 Å². The van der Waals surface area contributed by atoms with E-state index in [0.717, 1.165) is 31.1 Å².